The van der Waals surface area contributed by atoms with Crippen LogP contribution in [-0.2, 0) is 9.59 Å². The fourth-order valence-electron chi connectivity index (χ4n) is 3.54. The van der Waals surface area contributed by atoms with Crippen LogP contribution in [0.15, 0.2) is 0 Å². The molecule has 19 heavy (non-hydrogen) atoms. The summed E-state index contributed by atoms with van der Waals surface area (Å²) >= 11 is 0. The second kappa shape index (κ2) is 5.49. The third-order valence-electron chi connectivity index (χ3n) is 4.78. The van der Waals surface area contributed by atoms with E-state index in [0.29, 0.717) is 24.8 Å². The maximum atomic E-state index is 12.2. The molecule has 3 fully saturated rings. The van der Waals surface area contributed by atoms with E-state index in [9.17, 15) is 9.59 Å². The molecule has 0 aromatic heterocycles. The van der Waals surface area contributed by atoms with Crippen molar-refractivity contribution in [3.8, 4) is 0 Å². The van der Waals surface area contributed by atoms with Crippen LogP contribution in [0.25, 0.3) is 0 Å². The van der Waals surface area contributed by atoms with Gasteiger partial charge in [0.25, 0.3) is 0 Å². The van der Waals surface area contributed by atoms with E-state index in [-0.39, 0.29) is 11.8 Å². The first-order valence-electron chi connectivity index (χ1n) is 7.52. The lowest BCUT2D eigenvalue weighted by atomic mass is 10.0. The molecule has 2 unspecified atom stereocenters. The van der Waals surface area contributed by atoms with Gasteiger partial charge in [0, 0.05) is 38.5 Å². The van der Waals surface area contributed by atoms with E-state index in [1.807, 2.05) is 9.80 Å². The molecule has 0 saturated carbocycles. The number of nitrogens with zero attached hydrogens (tertiary/aromatic N) is 2. The van der Waals surface area contributed by atoms with Crippen molar-refractivity contribution in [1.29, 1.82) is 0 Å². The predicted octanol–water partition coefficient (Wildman–Crippen LogP) is 0.209. The molecular weight excluding hydrogens is 242 g/mol. The van der Waals surface area contributed by atoms with Crippen LogP contribution < -0.4 is 5.32 Å². The van der Waals surface area contributed by atoms with E-state index in [4.69, 9.17) is 0 Å². The maximum Gasteiger partial charge on any atom is 0.223 e. The van der Waals surface area contributed by atoms with Gasteiger partial charge in [-0.15, -0.1) is 0 Å². The Kier molecular flexibility index (Phi) is 3.73. The number of fused-ring (bicyclic) bond motifs is 1. The molecule has 0 aromatic carbocycles. The first-order chi connectivity index (χ1) is 9.24. The molecule has 3 saturated heterocycles. The van der Waals surface area contributed by atoms with Crippen LogP contribution in [0.2, 0.25) is 0 Å². The van der Waals surface area contributed by atoms with Crippen LogP contribution in [0.3, 0.4) is 0 Å². The molecule has 1 N–H and O–H groups in total. The summed E-state index contributed by atoms with van der Waals surface area (Å²) in [6.45, 7) is 4.39. The average molecular weight is 265 g/mol. The van der Waals surface area contributed by atoms with Crippen LogP contribution in [0.4, 0.5) is 0 Å². The second-order valence-corrected chi connectivity index (χ2v) is 6.02. The number of rotatable bonds is 3. The summed E-state index contributed by atoms with van der Waals surface area (Å²) in [6, 6.07) is 0.290. The number of nitrogens with one attached hydrogen (secondary N) is 1. The van der Waals surface area contributed by atoms with Gasteiger partial charge in [-0.1, -0.05) is 0 Å². The number of amides is 2. The lowest BCUT2D eigenvalue weighted by molar-refractivity contribution is -0.139. The predicted molar refractivity (Wildman–Crippen MR) is 71.5 cm³/mol. The largest absolute Gasteiger partial charge is 0.339 e. The maximum absolute atomic E-state index is 12.2. The molecule has 0 spiro atoms. The van der Waals surface area contributed by atoms with E-state index < -0.39 is 0 Å². The van der Waals surface area contributed by atoms with Gasteiger partial charge in [-0.05, 0) is 38.3 Å². The lowest BCUT2D eigenvalue weighted by Crippen LogP contribution is -2.53. The van der Waals surface area contributed by atoms with Gasteiger partial charge in [0.2, 0.25) is 11.8 Å². The Morgan fingerprint density at radius 1 is 1.32 bits per heavy atom. The highest BCUT2D eigenvalue weighted by Crippen LogP contribution is 2.23. The topological polar surface area (TPSA) is 52.7 Å². The van der Waals surface area contributed by atoms with Crippen molar-refractivity contribution >= 4 is 11.8 Å². The van der Waals surface area contributed by atoms with Gasteiger partial charge in [-0.2, -0.15) is 0 Å². The SMILES string of the molecule is O=C(CCC1CCNC1)N1CCN2C(=O)CCC2C1. The van der Waals surface area contributed by atoms with E-state index in [1.54, 1.807) is 0 Å². The van der Waals surface area contributed by atoms with Gasteiger partial charge >= 0.3 is 0 Å². The van der Waals surface area contributed by atoms with E-state index >= 15 is 0 Å². The first-order valence-corrected chi connectivity index (χ1v) is 7.52. The summed E-state index contributed by atoms with van der Waals surface area (Å²) in [5.74, 6) is 1.23. The highest BCUT2D eigenvalue weighted by molar-refractivity contribution is 5.80. The van der Waals surface area contributed by atoms with Crippen molar-refractivity contribution in [2.24, 2.45) is 5.92 Å². The van der Waals surface area contributed by atoms with Crippen LogP contribution in [0.1, 0.15) is 32.1 Å². The number of piperazine rings is 1. The second-order valence-electron chi connectivity index (χ2n) is 6.02. The zero-order chi connectivity index (χ0) is 13.2. The van der Waals surface area contributed by atoms with Crippen LogP contribution in [0.5, 0.6) is 0 Å². The molecule has 3 heterocycles. The quantitative estimate of drug-likeness (QED) is 0.793. The summed E-state index contributed by atoms with van der Waals surface area (Å²) in [6.07, 6.45) is 4.48. The van der Waals surface area contributed by atoms with E-state index in [1.165, 1.54) is 6.42 Å². The van der Waals surface area contributed by atoms with E-state index in [0.717, 1.165) is 45.6 Å². The number of carbonyl (C=O) groups excluding carboxylic acids is 2. The lowest BCUT2D eigenvalue weighted by Gasteiger charge is -2.37. The van der Waals surface area contributed by atoms with Gasteiger partial charge in [0.05, 0.1) is 0 Å². The molecule has 0 aliphatic carbocycles. The molecular formula is C14H23N3O2. The van der Waals surface area contributed by atoms with Crippen molar-refractivity contribution in [2.75, 3.05) is 32.7 Å². The van der Waals surface area contributed by atoms with Crippen molar-refractivity contribution in [3.05, 3.63) is 0 Å². The first kappa shape index (κ1) is 12.9. The Labute approximate surface area is 114 Å². The van der Waals surface area contributed by atoms with Crippen LogP contribution in [0, 0.1) is 5.92 Å². The molecule has 0 radical (unpaired) electrons. The van der Waals surface area contributed by atoms with Crippen LogP contribution in [-0.4, -0.2) is 60.4 Å². The van der Waals surface area contributed by atoms with Gasteiger partial charge in [0.1, 0.15) is 0 Å². The highest BCUT2D eigenvalue weighted by atomic mass is 16.2. The van der Waals surface area contributed by atoms with Crippen molar-refractivity contribution in [3.63, 3.8) is 0 Å². The molecule has 2 amide bonds. The average Bonchev–Trinajstić information content (AvgIpc) is 3.06. The van der Waals surface area contributed by atoms with Crippen molar-refractivity contribution in [2.45, 2.75) is 38.1 Å². The molecule has 5 nitrogen and oxygen atoms in total. The fourth-order valence-corrected chi connectivity index (χ4v) is 3.54. The highest BCUT2D eigenvalue weighted by Gasteiger charge is 2.36. The Morgan fingerprint density at radius 3 is 3.00 bits per heavy atom. The van der Waals surface area contributed by atoms with Gasteiger partial charge in [-0.3, -0.25) is 9.59 Å². The summed E-state index contributed by atoms with van der Waals surface area (Å²) in [5, 5.41) is 3.34. The third kappa shape index (κ3) is 2.76. The standard InChI is InChI=1S/C14H23N3O2/c18-13(3-1-11-5-6-15-9-11)16-7-8-17-12(10-16)2-4-14(17)19/h11-12,15H,1-10H2. The minimum absolute atomic E-state index is 0.272. The minimum atomic E-state index is 0.272. The van der Waals surface area contributed by atoms with Gasteiger partial charge < -0.3 is 15.1 Å². The molecule has 0 bridgehead atoms. The molecule has 3 aliphatic rings. The fraction of sp³-hybridized carbons (Fsp3) is 0.857. The minimum Gasteiger partial charge on any atom is -0.339 e. The number of hydrogen-bond donors (Lipinski definition) is 1. The van der Waals surface area contributed by atoms with Crippen LogP contribution >= 0.6 is 0 Å². The number of hydrogen-bond acceptors (Lipinski definition) is 3. The monoisotopic (exact) mass is 265 g/mol. The smallest absolute Gasteiger partial charge is 0.223 e. The molecule has 0 aromatic rings. The van der Waals surface area contributed by atoms with Crippen molar-refractivity contribution in [1.82, 2.24) is 15.1 Å². The zero-order valence-corrected chi connectivity index (χ0v) is 11.4. The number of carbonyl (C=O) groups is 2. The summed E-state index contributed by atoms with van der Waals surface area (Å²) in [5.41, 5.74) is 0. The Bertz CT molecular complexity index is 366. The molecule has 106 valence electrons. The summed E-state index contributed by atoms with van der Waals surface area (Å²) < 4.78 is 0. The molecule has 3 aliphatic heterocycles. The summed E-state index contributed by atoms with van der Waals surface area (Å²) in [7, 11) is 0. The Morgan fingerprint density at radius 2 is 2.21 bits per heavy atom. The molecule has 3 rings (SSSR count). The van der Waals surface area contributed by atoms with Gasteiger partial charge in [-0.25, -0.2) is 0 Å². The molecule has 2 atom stereocenters. The Hall–Kier alpha value is -1.10. The Balaban J connectivity index is 1.46. The summed E-state index contributed by atoms with van der Waals surface area (Å²) in [4.78, 5) is 27.8. The van der Waals surface area contributed by atoms with E-state index in [2.05, 4.69) is 5.32 Å². The third-order valence-corrected chi connectivity index (χ3v) is 4.78. The zero-order valence-electron chi connectivity index (χ0n) is 11.4. The molecule has 5 heteroatoms. The normalized spacial score (nSPS) is 30.8. The van der Waals surface area contributed by atoms with Gasteiger partial charge in [0.15, 0.2) is 0 Å². The van der Waals surface area contributed by atoms with Crippen molar-refractivity contribution < 1.29 is 9.59 Å².